The maximum atomic E-state index is 12.5. The second kappa shape index (κ2) is 10.9. The van der Waals surface area contributed by atoms with Gasteiger partial charge in [-0.05, 0) is 42.8 Å². The molecule has 0 saturated carbocycles. The summed E-state index contributed by atoms with van der Waals surface area (Å²) in [6, 6.07) is 17.5. The summed E-state index contributed by atoms with van der Waals surface area (Å²) in [5.74, 6) is 0.521. The van der Waals surface area contributed by atoms with Gasteiger partial charge in [-0.25, -0.2) is 21.8 Å². The van der Waals surface area contributed by atoms with Crippen LogP contribution in [0.3, 0.4) is 0 Å². The van der Waals surface area contributed by atoms with Gasteiger partial charge in [0.15, 0.2) is 9.84 Å². The van der Waals surface area contributed by atoms with Crippen LogP contribution in [0.15, 0.2) is 65.6 Å². The standard InChI is InChI=1S/C27H31N3O5S2/c1-4-5-6-9-16-37(33,34)30-19-12-15-24(26(17-19)35-2)29-27-21-10-7-8-11-23(21)28-25-18-20(36(3,31)32)13-14-22(25)27/h7-8,10-15,17-18,30H,4-6,9,16H2,1-3H3,(H,28,29). The molecule has 0 spiro atoms. The molecule has 1 heterocycles. The van der Waals surface area contributed by atoms with Gasteiger partial charge in [-0.2, -0.15) is 0 Å². The summed E-state index contributed by atoms with van der Waals surface area (Å²) in [6.07, 6.45) is 4.71. The summed E-state index contributed by atoms with van der Waals surface area (Å²) in [5.41, 5.74) is 3.02. The summed E-state index contributed by atoms with van der Waals surface area (Å²) in [4.78, 5) is 4.87. The maximum Gasteiger partial charge on any atom is 0.232 e. The number of hydrogen-bond acceptors (Lipinski definition) is 7. The molecule has 0 aliphatic rings. The van der Waals surface area contributed by atoms with Gasteiger partial charge in [0.2, 0.25) is 10.0 Å². The van der Waals surface area contributed by atoms with E-state index in [0.717, 1.165) is 35.7 Å². The molecule has 0 unspecified atom stereocenters. The third-order valence-electron chi connectivity index (χ3n) is 6.08. The number of aromatic nitrogens is 1. The van der Waals surface area contributed by atoms with E-state index in [2.05, 4.69) is 21.9 Å². The first-order valence-corrected chi connectivity index (χ1v) is 15.6. The highest BCUT2D eigenvalue weighted by atomic mass is 32.2. The number of ether oxygens (including phenoxy) is 1. The zero-order valence-corrected chi connectivity index (χ0v) is 22.7. The molecule has 4 aromatic rings. The number of benzene rings is 3. The van der Waals surface area contributed by atoms with Crippen LogP contribution in [0.25, 0.3) is 21.8 Å². The first-order chi connectivity index (χ1) is 17.6. The Labute approximate surface area is 218 Å². The van der Waals surface area contributed by atoms with Crippen molar-refractivity contribution in [2.45, 2.75) is 37.5 Å². The Kier molecular flexibility index (Phi) is 7.89. The van der Waals surface area contributed by atoms with Crippen LogP contribution in [0.2, 0.25) is 0 Å². The molecular formula is C27H31N3O5S2. The summed E-state index contributed by atoms with van der Waals surface area (Å²) in [5, 5.41) is 5.00. The fourth-order valence-electron chi connectivity index (χ4n) is 4.18. The Balaban J connectivity index is 1.70. The van der Waals surface area contributed by atoms with Crippen molar-refractivity contribution in [3.05, 3.63) is 60.7 Å². The van der Waals surface area contributed by atoms with Gasteiger partial charge in [0, 0.05) is 23.1 Å². The van der Waals surface area contributed by atoms with Gasteiger partial charge in [0.25, 0.3) is 0 Å². The molecular weight excluding hydrogens is 510 g/mol. The van der Waals surface area contributed by atoms with Crippen LogP contribution in [0.4, 0.5) is 17.1 Å². The van der Waals surface area contributed by atoms with E-state index in [9.17, 15) is 16.8 Å². The van der Waals surface area contributed by atoms with Crippen molar-refractivity contribution in [3.63, 3.8) is 0 Å². The molecule has 0 bridgehead atoms. The van der Waals surface area contributed by atoms with E-state index in [1.165, 1.54) is 13.4 Å². The predicted octanol–water partition coefficient (Wildman–Crippen LogP) is 5.87. The molecule has 8 nitrogen and oxygen atoms in total. The number of nitrogens with zero attached hydrogens (tertiary/aromatic N) is 1. The van der Waals surface area contributed by atoms with Gasteiger partial charge in [0.1, 0.15) is 5.75 Å². The minimum atomic E-state index is -3.47. The number of methoxy groups -OCH3 is 1. The first kappa shape index (κ1) is 26.7. The lowest BCUT2D eigenvalue weighted by molar-refractivity contribution is 0.417. The molecule has 196 valence electrons. The lowest BCUT2D eigenvalue weighted by Gasteiger charge is -2.17. The first-order valence-electron chi connectivity index (χ1n) is 12.1. The van der Waals surface area contributed by atoms with Crippen LogP contribution in [0.1, 0.15) is 32.6 Å². The quantitative estimate of drug-likeness (QED) is 0.180. The Morgan fingerprint density at radius 1 is 0.865 bits per heavy atom. The number of anilines is 3. The molecule has 0 saturated heterocycles. The molecule has 0 radical (unpaired) electrons. The molecule has 3 aromatic carbocycles. The zero-order chi connectivity index (χ0) is 26.6. The highest BCUT2D eigenvalue weighted by Crippen LogP contribution is 2.37. The van der Waals surface area contributed by atoms with Gasteiger partial charge in [-0.1, -0.05) is 44.4 Å². The number of sulfonamides is 1. The number of fused-ring (bicyclic) bond motifs is 2. The van der Waals surface area contributed by atoms with E-state index in [1.807, 2.05) is 24.3 Å². The number of pyridine rings is 1. The summed E-state index contributed by atoms with van der Waals surface area (Å²) in [6.45, 7) is 2.08. The van der Waals surface area contributed by atoms with Crippen molar-refractivity contribution in [2.24, 2.45) is 0 Å². The number of para-hydroxylation sites is 1. The minimum Gasteiger partial charge on any atom is -0.494 e. The van der Waals surface area contributed by atoms with Crippen molar-refractivity contribution < 1.29 is 21.6 Å². The average molecular weight is 542 g/mol. The van der Waals surface area contributed by atoms with Crippen molar-refractivity contribution in [2.75, 3.05) is 29.2 Å². The van der Waals surface area contributed by atoms with Gasteiger partial charge in [0.05, 0.1) is 45.9 Å². The Morgan fingerprint density at radius 2 is 1.62 bits per heavy atom. The monoisotopic (exact) mass is 541 g/mol. The van der Waals surface area contributed by atoms with E-state index in [4.69, 9.17) is 4.74 Å². The van der Waals surface area contributed by atoms with Crippen LogP contribution in [0, 0.1) is 0 Å². The Morgan fingerprint density at radius 3 is 2.35 bits per heavy atom. The van der Waals surface area contributed by atoms with Crippen molar-refractivity contribution in [3.8, 4) is 5.75 Å². The molecule has 1 aromatic heterocycles. The van der Waals surface area contributed by atoms with Gasteiger partial charge >= 0.3 is 0 Å². The topological polar surface area (TPSA) is 114 Å². The van der Waals surface area contributed by atoms with Gasteiger partial charge in [-0.3, -0.25) is 4.72 Å². The van der Waals surface area contributed by atoms with E-state index < -0.39 is 19.9 Å². The lowest BCUT2D eigenvalue weighted by atomic mass is 10.1. The van der Waals surface area contributed by atoms with Crippen molar-refractivity contribution >= 4 is 58.7 Å². The lowest BCUT2D eigenvalue weighted by Crippen LogP contribution is -2.16. The smallest absolute Gasteiger partial charge is 0.232 e. The third kappa shape index (κ3) is 6.31. The van der Waals surface area contributed by atoms with E-state index in [0.29, 0.717) is 34.6 Å². The maximum absolute atomic E-state index is 12.5. The minimum absolute atomic E-state index is 0.0692. The second-order valence-corrected chi connectivity index (χ2v) is 12.8. The summed E-state index contributed by atoms with van der Waals surface area (Å²) < 4.78 is 57.5. The molecule has 37 heavy (non-hydrogen) atoms. The van der Waals surface area contributed by atoms with Crippen molar-refractivity contribution in [1.29, 1.82) is 0 Å². The fraction of sp³-hybridized carbons (Fsp3) is 0.296. The second-order valence-electron chi connectivity index (χ2n) is 8.98. The SMILES string of the molecule is CCCCCCS(=O)(=O)Nc1ccc(Nc2c3ccccc3nc3cc(S(C)(=O)=O)ccc23)c(OC)c1. The number of hydrogen-bond donors (Lipinski definition) is 2. The van der Waals surface area contributed by atoms with E-state index in [1.54, 1.807) is 36.4 Å². The molecule has 0 fully saturated rings. The van der Waals surface area contributed by atoms with Crippen LogP contribution < -0.4 is 14.8 Å². The third-order valence-corrected chi connectivity index (χ3v) is 8.57. The molecule has 2 N–H and O–H groups in total. The highest BCUT2D eigenvalue weighted by molar-refractivity contribution is 7.92. The summed E-state index contributed by atoms with van der Waals surface area (Å²) >= 11 is 0. The average Bonchev–Trinajstić information content (AvgIpc) is 2.86. The zero-order valence-electron chi connectivity index (χ0n) is 21.1. The van der Waals surface area contributed by atoms with Crippen LogP contribution in [0.5, 0.6) is 5.75 Å². The number of rotatable bonds is 11. The number of nitrogens with one attached hydrogen (secondary N) is 2. The molecule has 4 rings (SSSR count). The molecule has 0 aliphatic carbocycles. The van der Waals surface area contributed by atoms with Gasteiger partial charge < -0.3 is 10.1 Å². The molecule has 10 heteroatoms. The Bertz CT molecular complexity index is 1650. The van der Waals surface area contributed by atoms with Crippen molar-refractivity contribution in [1.82, 2.24) is 4.98 Å². The largest absolute Gasteiger partial charge is 0.494 e. The number of sulfone groups is 1. The van der Waals surface area contributed by atoms with Crippen LogP contribution in [-0.4, -0.2) is 40.9 Å². The number of unbranched alkanes of at least 4 members (excludes halogenated alkanes) is 3. The van der Waals surface area contributed by atoms with Crippen LogP contribution in [-0.2, 0) is 19.9 Å². The van der Waals surface area contributed by atoms with Crippen LogP contribution >= 0.6 is 0 Å². The summed E-state index contributed by atoms with van der Waals surface area (Å²) in [7, 11) is -5.35. The molecule has 0 amide bonds. The van der Waals surface area contributed by atoms with E-state index >= 15 is 0 Å². The normalized spacial score (nSPS) is 12.1. The van der Waals surface area contributed by atoms with E-state index in [-0.39, 0.29) is 10.6 Å². The fourth-order valence-corrected chi connectivity index (χ4v) is 5.99. The van der Waals surface area contributed by atoms with Gasteiger partial charge in [-0.15, -0.1) is 0 Å². The predicted molar refractivity (Wildman–Crippen MR) is 150 cm³/mol. The highest BCUT2D eigenvalue weighted by Gasteiger charge is 2.16. The molecule has 0 atom stereocenters. The molecule has 0 aliphatic heterocycles. The Hall–Kier alpha value is -3.37.